The van der Waals surface area contributed by atoms with Crippen LogP contribution in [0.15, 0.2) is 12.1 Å². The van der Waals surface area contributed by atoms with Crippen LogP contribution in [0.25, 0.3) is 0 Å². The quantitative estimate of drug-likeness (QED) is 0.633. The van der Waals surface area contributed by atoms with Gasteiger partial charge in [-0.3, -0.25) is 4.79 Å². The molecule has 0 aliphatic rings. The van der Waals surface area contributed by atoms with E-state index in [2.05, 4.69) is 5.32 Å². The molecule has 0 aliphatic heterocycles. The van der Waals surface area contributed by atoms with Crippen LogP contribution in [0.5, 0.6) is 5.75 Å². The summed E-state index contributed by atoms with van der Waals surface area (Å²) in [4.78, 5) is 34.8. The van der Waals surface area contributed by atoms with Crippen molar-refractivity contribution in [2.45, 2.75) is 20.8 Å². The van der Waals surface area contributed by atoms with Gasteiger partial charge < -0.3 is 19.9 Å². The number of anilines is 1. The predicted molar refractivity (Wildman–Crippen MR) is 74.3 cm³/mol. The van der Waals surface area contributed by atoms with E-state index in [1.807, 2.05) is 0 Å². The fourth-order valence-electron chi connectivity index (χ4n) is 1.63. The fraction of sp³-hybridized carbons (Fsp3) is 0.357. The first-order valence-electron chi connectivity index (χ1n) is 6.39. The Morgan fingerprint density at radius 1 is 1.05 bits per heavy atom. The first-order valence-corrected chi connectivity index (χ1v) is 6.39. The molecule has 0 unspecified atom stereocenters. The molecule has 1 rings (SSSR count). The molecule has 0 spiro atoms. The van der Waals surface area contributed by atoms with Crippen LogP contribution < -0.4 is 5.32 Å². The Morgan fingerprint density at radius 3 is 1.95 bits per heavy atom. The molecular weight excluding hydrogens is 278 g/mol. The minimum atomic E-state index is -0.759. The standard InChI is InChI=1S/C14H17NO6/c1-4-20-13(18)9-6-11(15-8(3)16)12(17)7-10(9)14(19)21-5-2/h6-7,17H,4-5H2,1-3H3,(H,15,16). The second-order valence-corrected chi connectivity index (χ2v) is 4.04. The SMILES string of the molecule is CCOC(=O)c1cc(O)c(NC(C)=O)cc1C(=O)OCC. The van der Waals surface area contributed by atoms with Crippen molar-refractivity contribution < 1.29 is 29.0 Å². The Bertz CT molecular complexity index is 567. The van der Waals surface area contributed by atoms with Gasteiger partial charge in [0.15, 0.2) is 0 Å². The molecule has 114 valence electrons. The summed E-state index contributed by atoms with van der Waals surface area (Å²) < 4.78 is 9.68. The zero-order chi connectivity index (χ0) is 16.0. The molecule has 2 N–H and O–H groups in total. The van der Waals surface area contributed by atoms with Crippen LogP contribution in [0.1, 0.15) is 41.5 Å². The van der Waals surface area contributed by atoms with Crippen LogP contribution in [0.3, 0.4) is 0 Å². The van der Waals surface area contributed by atoms with E-state index in [-0.39, 0.29) is 35.8 Å². The van der Waals surface area contributed by atoms with Crippen LogP contribution in [0.2, 0.25) is 0 Å². The highest BCUT2D eigenvalue weighted by Gasteiger charge is 2.22. The van der Waals surface area contributed by atoms with Crippen molar-refractivity contribution >= 4 is 23.5 Å². The Morgan fingerprint density at radius 2 is 1.52 bits per heavy atom. The molecule has 1 aromatic rings. The number of carbonyl (C=O) groups is 3. The van der Waals surface area contributed by atoms with E-state index in [9.17, 15) is 19.5 Å². The summed E-state index contributed by atoms with van der Waals surface area (Å²) in [5.74, 6) is -2.28. The van der Waals surface area contributed by atoms with Gasteiger partial charge in [-0.15, -0.1) is 0 Å². The average molecular weight is 295 g/mol. The molecule has 0 saturated heterocycles. The molecule has 0 radical (unpaired) electrons. The summed E-state index contributed by atoms with van der Waals surface area (Å²) in [7, 11) is 0. The summed E-state index contributed by atoms with van der Waals surface area (Å²) in [6.07, 6.45) is 0. The van der Waals surface area contributed by atoms with E-state index in [0.717, 1.165) is 6.07 Å². The minimum absolute atomic E-state index is 0.0126. The first-order chi connectivity index (χ1) is 9.90. The van der Waals surface area contributed by atoms with Crippen LogP contribution in [-0.2, 0) is 14.3 Å². The number of nitrogens with one attached hydrogen (secondary N) is 1. The van der Waals surface area contributed by atoms with E-state index < -0.39 is 17.8 Å². The third kappa shape index (κ3) is 4.20. The lowest BCUT2D eigenvalue weighted by atomic mass is 10.1. The van der Waals surface area contributed by atoms with E-state index in [1.54, 1.807) is 13.8 Å². The van der Waals surface area contributed by atoms with Crippen molar-refractivity contribution in [3.05, 3.63) is 23.3 Å². The fourth-order valence-corrected chi connectivity index (χ4v) is 1.63. The number of carbonyl (C=O) groups excluding carboxylic acids is 3. The number of amides is 1. The van der Waals surface area contributed by atoms with Gasteiger partial charge in [-0.25, -0.2) is 9.59 Å². The number of hydrogen-bond donors (Lipinski definition) is 2. The number of phenols is 1. The first kappa shape index (κ1) is 16.5. The van der Waals surface area contributed by atoms with E-state index in [1.165, 1.54) is 13.0 Å². The van der Waals surface area contributed by atoms with Gasteiger partial charge in [0.05, 0.1) is 30.0 Å². The summed E-state index contributed by atoms with van der Waals surface area (Å²) in [6, 6.07) is 2.25. The average Bonchev–Trinajstić information content (AvgIpc) is 2.40. The molecule has 7 heteroatoms. The van der Waals surface area contributed by atoms with Gasteiger partial charge in [-0.1, -0.05) is 0 Å². The zero-order valence-electron chi connectivity index (χ0n) is 12.1. The molecular formula is C14H17NO6. The molecule has 0 heterocycles. The molecule has 0 fully saturated rings. The lowest BCUT2D eigenvalue weighted by molar-refractivity contribution is -0.114. The number of hydrogen-bond acceptors (Lipinski definition) is 6. The number of ether oxygens (including phenoxy) is 2. The largest absolute Gasteiger partial charge is 0.506 e. The second-order valence-electron chi connectivity index (χ2n) is 4.04. The zero-order valence-corrected chi connectivity index (χ0v) is 12.1. The molecule has 0 aliphatic carbocycles. The highest BCUT2D eigenvalue weighted by molar-refractivity contribution is 6.05. The lowest BCUT2D eigenvalue weighted by Crippen LogP contribution is -2.15. The van der Waals surface area contributed by atoms with Gasteiger partial charge in [0.1, 0.15) is 5.75 Å². The molecule has 0 atom stereocenters. The monoisotopic (exact) mass is 295 g/mol. The van der Waals surface area contributed by atoms with Gasteiger partial charge in [0.2, 0.25) is 5.91 Å². The van der Waals surface area contributed by atoms with Crippen LogP contribution in [-0.4, -0.2) is 36.2 Å². The van der Waals surface area contributed by atoms with Crippen LogP contribution in [0.4, 0.5) is 5.69 Å². The molecule has 21 heavy (non-hydrogen) atoms. The molecule has 0 saturated carbocycles. The van der Waals surface area contributed by atoms with E-state index >= 15 is 0 Å². The maximum atomic E-state index is 11.9. The van der Waals surface area contributed by atoms with Gasteiger partial charge in [0, 0.05) is 6.92 Å². The lowest BCUT2D eigenvalue weighted by Gasteiger charge is -2.12. The van der Waals surface area contributed by atoms with Crippen molar-refractivity contribution in [2.24, 2.45) is 0 Å². The van der Waals surface area contributed by atoms with Gasteiger partial charge in [0.25, 0.3) is 0 Å². The Balaban J connectivity index is 3.34. The van der Waals surface area contributed by atoms with Gasteiger partial charge in [-0.2, -0.15) is 0 Å². The Kier molecular flexibility index (Phi) is 5.71. The smallest absolute Gasteiger partial charge is 0.339 e. The van der Waals surface area contributed by atoms with Gasteiger partial charge >= 0.3 is 11.9 Å². The molecule has 0 aromatic heterocycles. The van der Waals surface area contributed by atoms with E-state index in [4.69, 9.17) is 9.47 Å². The van der Waals surface area contributed by atoms with Crippen molar-refractivity contribution in [1.82, 2.24) is 0 Å². The highest BCUT2D eigenvalue weighted by Crippen LogP contribution is 2.28. The molecule has 1 aromatic carbocycles. The Hall–Kier alpha value is -2.57. The number of benzene rings is 1. The summed E-state index contributed by atoms with van der Waals surface area (Å²) in [5, 5.41) is 12.2. The highest BCUT2D eigenvalue weighted by atomic mass is 16.5. The third-order valence-electron chi connectivity index (χ3n) is 2.44. The number of phenolic OH excluding ortho intramolecular Hbond substituents is 1. The molecule has 1 amide bonds. The predicted octanol–water partition coefficient (Wildman–Crippen LogP) is 1.70. The normalized spacial score (nSPS) is 9.86. The Labute approximate surface area is 121 Å². The van der Waals surface area contributed by atoms with Crippen LogP contribution >= 0.6 is 0 Å². The van der Waals surface area contributed by atoms with Crippen molar-refractivity contribution in [1.29, 1.82) is 0 Å². The van der Waals surface area contributed by atoms with Crippen molar-refractivity contribution in [3.8, 4) is 5.75 Å². The van der Waals surface area contributed by atoms with E-state index in [0.29, 0.717) is 0 Å². The number of rotatable bonds is 5. The molecule has 7 nitrogen and oxygen atoms in total. The maximum absolute atomic E-state index is 11.9. The third-order valence-corrected chi connectivity index (χ3v) is 2.44. The van der Waals surface area contributed by atoms with Crippen molar-refractivity contribution in [3.63, 3.8) is 0 Å². The number of esters is 2. The topological polar surface area (TPSA) is 102 Å². The summed E-state index contributed by atoms with van der Waals surface area (Å²) >= 11 is 0. The number of aromatic hydroxyl groups is 1. The second kappa shape index (κ2) is 7.28. The maximum Gasteiger partial charge on any atom is 0.339 e. The minimum Gasteiger partial charge on any atom is -0.506 e. The summed E-state index contributed by atoms with van der Waals surface area (Å²) in [5.41, 5.74) is -0.197. The molecule has 0 bridgehead atoms. The van der Waals surface area contributed by atoms with Crippen LogP contribution in [0, 0.1) is 0 Å². The van der Waals surface area contributed by atoms with Gasteiger partial charge in [-0.05, 0) is 26.0 Å². The van der Waals surface area contributed by atoms with Crippen molar-refractivity contribution in [2.75, 3.05) is 18.5 Å². The summed E-state index contributed by atoms with van der Waals surface area (Å²) in [6.45, 7) is 4.74.